The standard InChI is InChI=1S/C10H11N3O2/c1-6-3-4-8(13-5-6)9(14)10(12)15-7(2)11/h3-5,11-12H,1-2H3. The molecule has 1 rings (SSSR count). The Morgan fingerprint density at radius 1 is 1.40 bits per heavy atom. The minimum absolute atomic E-state index is 0.145. The Labute approximate surface area is 87.1 Å². The van der Waals surface area contributed by atoms with Crippen molar-refractivity contribution >= 4 is 17.6 Å². The fourth-order valence-electron chi connectivity index (χ4n) is 0.918. The number of aromatic nitrogens is 1. The van der Waals surface area contributed by atoms with Crippen molar-refractivity contribution in [2.45, 2.75) is 13.8 Å². The lowest BCUT2D eigenvalue weighted by atomic mass is 10.2. The normalized spacial score (nSPS) is 9.47. The van der Waals surface area contributed by atoms with Crippen molar-refractivity contribution in [3.63, 3.8) is 0 Å². The van der Waals surface area contributed by atoms with Crippen LogP contribution < -0.4 is 0 Å². The molecule has 0 saturated carbocycles. The smallest absolute Gasteiger partial charge is 0.265 e. The Balaban J connectivity index is 2.81. The molecule has 1 heterocycles. The van der Waals surface area contributed by atoms with Gasteiger partial charge in [0.2, 0.25) is 0 Å². The van der Waals surface area contributed by atoms with Crippen molar-refractivity contribution in [3.05, 3.63) is 29.6 Å². The third-order valence-electron chi connectivity index (χ3n) is 1.61. The zero-order valence-electron chi connectivity index (χ0n) is 8.50. The number of nitrogens with zero attached hydrogens (tertiary/aromatic N) is 1. The first-order valence-corrected chi connectivity index (χ1v) is 4.29. The number of ketones is 1. The number of aryl methyl sites for hydroxylation is 1. The second-order valence-corrected chi connectivity index (χ2v) is 3.04. The van der Waals surface area contributed by atoms with Gasteiger partial charge in [-0.1, -0.05) is 6.07 Å². The molecule has 1 aromatic heterocycles. The Hall–Kier alpha value is -2.04. The van der Waals surface area contributed by atoms with E-state index < -0.39 is 11.7 Å². The van der Waals surface area contributed by atoms with Crippen LogP contribution in [0.5, 0.6) is 0 Å². The monoisotopic (exact) mass is 205 g/mol. The van der Waals surface area contributed by atoms with Crippen LogP contribution in [0.1, 0.15) is 23.0 Å². The molecule has 1 aromatic rings. The number of hydrogen-bond acceptors (Lipinski definition) is 5. The average Bonchev–Trinajstić information content (AvgIpc) is 2.17. The molecule has 78 valence electrons. The first kappa shape index (κ1) is 11.0. The Morgan fingerprint density at radius 2 is 2.07 bits per heavy atom. The molecule has 2 N–H and O–H groups in total. The molecule has 0 spiro atoms. The summed E-state index contributed by atoms with van der Waals surface area (Å²) in [5.74, 6) is -1.40. The summed E-state index contributed by atoms with van der Waals surface area (Å²) in [6.07, 6.45) is 1.54. The van der Waals surface area contributed by atoms with E-state index >= 15 is 0 Å². The molecule has 0 aromatic carbocycles. The molecule has 0 aliphatic carbocycles. The van der Waals surface area contributed by atoms with Crippen molar-refractivity contribution in [1.82, 2.24) is 4.98 Å². The molecular formula is C10H11N3O2. The van der Waals surface area contributed by atoms with E-state index in [4.69, 9.17) is 10.8 Å². The number of ether oxygens (including phenoxy) is 1. The molecule has 0 bridgehead atoms. The fourth-order valence-corrected chi connectivity index (χ4v) is 0.918. The van der Waals surface area contributed by atoms with Crippen molar-refractivity contribution in [1.29, 1.82) is 10.8 Å². The molecule has 0 radical (unpaired) electrons. The molecule has 5 heteroatoms. The Morgan fingerprint density at radius 3 is 2.53 bits per heavy atom. The first-order chi connectivity index (χ1) is 7.00. The Kier molecular flexibility index (Phi) is 3.28. The van der Waals surface area contributed by atoms with E-state index in [-0.39, 0.29) is 11.6 Å². The van der Waals surface area contributed by atoms with E-state index in [9.17, 15) is 4.79 Å². The van der Waals surface area contributed by atoms with Gasteiger partial charge >= 0.3 is 0 Å². The number of nitrogens with one attached hydrogen (secondary N) is 2. The number of rotatable bonds is 2. The van der Waals surface area contributed by atoms with Crippen molar-refractivity contribution < 1.29 is 9.53 Å². The van der Waals surface area contributed by atoms with Gasteiger partial charge in [-0.3, -0.25) is 20.6 Å². The van der Waals surface area contributed by atoms with Gasteiger partial charge in [0.15, 0.2) is 5.90 Å². The summed E-state index contributed by atoms with van der Waals surface area (Å²) >= 11 is 0. The second kappa shape index (κ2) is 4.45. The molecule has 15 heavy (non-hydrogen) atoms. The summed E-state index contributed by atoms with van der Waals surface area (Å²) in [4.78, 5) is 15.3. The highest BCUT2D eigenvalue weighted by Gasteiger charge is 2.15. The summed E-state index contributed by atoms with van der Waals surface area (Å²) in [6, 6.07) is 3.25. The summed E-state index contributed by atoms with van der Waals surface area (Å²) < 4.78 is 4.57. The quantitative estimate of drug-likeness (QED) is 0.436. The zero-order valence-corrected chi connectivity index (χ0v) is 8.50. The van der Waals surface area contributed by atoms with E-state index in [2.05, 4.69) is 9.72 Å². The molecule has 0 atom stereocenters. The maximum Gasteiger partial charge on any atom is 0.265 e. The minimum atomic E-state index is -0.624. The van der Waals surface area contributed by atoms with Gasteiger partial charge in [-0.25, -0.2) is 0 Å². The van der Waals surface area contributed by atoms with Crippen LogP contribution >= 0.6 is 0 Å². The van der Waals surface area contributed by atoms with Gasteiger partial charge in [0.25, 0.3) is 11.7 Å². The van der Waals surface area contributed by atoms with E-state index in [1.54, 1.807) is 6.07 Å². The zero-order chi connectivity index (χ0) is 11.4. The summed E-state index contributed by atoms with van der Waals surface area (Å²) in [5.41, 5.74) is 1.08. The molecule has 0 saturated heterocycles. The summed E-state index contributed by atoms with van der Waals surface area (Å²) in [6.45, 7) is 3.20. The van der Waals surface area contributed by atoms with E-state index in [1.807, 2.05) is 6.92 Å². The lowest BCUT2D eigenvalue weighted by Crippen LogP contribution is -2.19. The van der Waals surface area contributed by atoms with Gasteiger partial charge in [-0.05, 0) is 18.6 Å². The highest BCUT2D eigenvalue weighted by atomic mass is 16.5. The molecule has 0 aliphatic rings. The van der Waals surface area contributed by atoms with Gasteiger partial charge in [0.05, 0.1) is 0 Å². The van der Waals surface area contributed by atoms with Crippen LogP contribution in [0.15, 0.2) is 18.3 Å². The van der Waals surface area contributed by atoms with Crippen LogP contribution in [-0.2, 0) is 4.74 Å². The molecule has 0 amide bonds. The number of carbonyl (C=O) groups excluding carboxylic acids is 1. The third kappa shape index (κ3) is 2.98. The minimum Gasteiger partial charge on any atom is -0.422 e. The average molecular weight is 205 g/mol. The number of pyridine rings is 1. The van der Waals surface area contributed by atoms with Gasteiger partial charge in [-0.15, -0.1) is 0 Å². The lowest BCUT2D eigenvalue weighted by Gasteiger charge is -2.03. The predicted molar refractivity (Wildman–Crippen MR) is 55.5 cm³/mol. The SMILES string of the molecule is CC(=N)OC(=N)C(=O)c1ccc(C)cn1. The predicted octanol–water partition coefficient (Wildman–Crippen LogP) is 1.56. The summed E-state index contributed by atoms with van der Waals surface area (Å²) in [5, 5.41) is 14.2. The molecule has 5 nitrogen and oxygen atoms in total. The van der Waals surface area contributed by atoms with Gasteiger partial charge in [0, 0.05) is 13.1 Å². The molecule has 0 aliphatic heterocycles. The van der Waals surface area contributed by atoms with Crippen molar-refractivity contribution in [2.75, 3.05) is 0 Å². The maximum atomic E-state index is 11.5. The van der Waals surface area contributed by atoms with Crippen LogP contribution in [0.4, 0.5) is 0 Å². The van der Waals surface area contributed by atoms with Gasteiger partial charge in [-0.2, -0.15) is 0 Å². The number of carbonyl (C=O) groups is 1. The molecule has 0 fully saturated rings. The third-order valence-corrected chi connectivity index (χ3v) is 1.61. The van der Waals surface area contributed by atoms with Crippen LogP contribution in [0.2, 0.25) is 0 Å². The van der Waals surface area contributed by atoms with Crippen LogP contribution in [0.3, 0.4) is 0 Å². The second-order valence-electron chi connectivity index (χ2n) is 3.04. The number of hydrogen-bond donors (Lipinski definition) is 2. The Bertz CT molecular complexity index is 409. The molecule has 0 unspecified atom stereocenters. The van der Waals surface area contributed by atoms with Gasteiger partial charge < -0.3 is 4.74 Å². The van der Waals surface area contributed by atoms with Crippen LogP contribution in [0.25, 0.3) is 0 Å². The van der Waals surface area contributed by atoms with E-state index in [0.717, 1.165) is 5.56 Å². The largest absolute Gasteiger partial charge is 0.422 e. The lowest BCUT2D eigenvalue weighted by molar-refractivity contribution is 0.104. The first-order valence-electron chi connectivity index (χ1n) is 4.29. The number of Topliss-reactive ketones (excluding diaryl/α,β-unsaturated/α-hetero) is 1. The molecular weight excluding hydrogens is 194 g/mol. The van der Waals surface area contributed by atoms with Crippen LogP contribution in [0, 0.1) is 17.7 Å². The van der Waals surface area contributed by atoms with Gasteiger partial charge in [0.1, 0.15) is 5.69 Å². The van der Waals surface area contributed by atoms with Crippen LogP contribution in [-0.4, -0.2) is 22.6 Å². The topological polar surface area (TPSA) is 86.9 Å². The highest BCUT2D eigenvalue weighted by molar-refractivity contribution is 6.42. The highest BCUT2D eigenvalue weighted by Crippen LogP contribution is 2.01. The van der Waals surface area contributed by atoms with Crippen molar-refractivity contribution in [2.24, 2.45) is 0 Å². The fraction of sp³-hybridized carbons (Fsp3) is 0.200. The van der Waals surface area contributed by atoms with E-state index in [1.165, 1.54) is 19.2 Å². The van der Waals surface area contributed by atoms with Crippen molar-refractivity contribution in [3.8, 4) is 0 Å². The van der Waals surface area contributed by atoms with E-state index in [0.29, 0.717) is 0 Å². The summed E-state index contributed by atoms with van der Waals surface area (Å²) in [7, 11) is 0. The maximum absolute atomic E-state index is 11.5.